The molecule has 0 fully saturated rings. The smallest absolute Gasteiger partial charge is 0.208 e. The Bertz CT molecular complexity index is 897. The van der Waals surface area contributed by atoms with Crippen molar-refractivity contribution in [3.05, 3.63) is 108 Å². The number of oxazole rings is 1. The summed E-state index contributed by atoms with van der Waals surface area (Å²) in [6, 6.07) is 26.2. The Morgan fingerprint density at radius 3 is 2.27 bits per heavy atom. The molecule has 2 heterocycles. The first-order valence-electron chi connectivity index (χ1n) is 8.59. The molecule has 4 nitrogen and oxygen atoms in total. The van der Waals surface area contributed by atoms with E-state index in [1.807, 2.05) is 72.9 Å². The third-order valence-electron chi connectivity index (χ3n) is 4.19. The summed E-state index contributed by atoms with van der Waals surface area (Å²) in [4.78, 5) is 8.91. The van der Waals surface area contributed by atoms with Gasteiger partial charge in [-0.25, -0.2) is 4.98 Å². The van der Waals surface area contributed by atoms with Gasteiger partial charge in [0.1, 0.15) is 0 Å². The van der Waals surface area contributed by atoms with Crippen LogP contribution in [0.15, 0.2) is 95.7 Å². The maximum absolute atomic E-state index is 5.90. The van der Waals surface area contributed by atoms with Crippen LogP contribution in [0, 0.1) is 0 Å². The lowest BCUT2D eigenvalue weighted by atomic mass is 10.0. The minimum Gasteiger partial charge on any atom is -0.439 e. The van der Waals surface area contributed by atoms with E-state index < -0.39 is 0 Å². The number of rotatable bonds is 6. The van der Waals surface area contributed by atoms with Crippen molar-refractivity contribution in [3.63, 3.8) is 0 Å². The highest BCUT2D eigenvalue weighted by Crippen LogP contribution is 2.22. The number of nitrogens with one attached hydrogen (secondary N) is 1. The molecular formula is C22H19N3O. The van der Waals surface area contributed by atoms with Crippen LogP contribution in [0.2, 0.25) is 0 Å². The molecule has 2 aromatic carbocycles. The molecule has 0 amide bonds. The molecule has 0 unspecified atom stereocenters. The summed E-state index contributed by atoms with van der Waals surface area (Å²) in [6.45, 7) is 0.517. The molecule has 26 heavy (non-hydrogen) atoms. The Hall–Kier alpha value is -3.24. The molecule has 0 bridgehead atoms. The fourth-order valence-electron chi connectivity index (χ4n) is 2.90. The van der Waals surface area contributed by atoms with E-state index >= 15 is 0 Å². The van der Waals surface area contributed by atoms with Crippen molar-refractivity contribution in [2.75, 3.05) is 0 Å². The zero-order chi connectivity index (χ0) is 17.6. The standard InChI is InChI=1S/C22H19N3O/c1-3-9-17(10-4-1)20-15-24-21(26-20)16-25-22(18-11-5-2-6-12-18)19-13-7-8-14-23-19/h1-15,22,25H,16H2/t22-/m1/s1. The van der Waals surface area contributed by atoms with E-state index in [4.69, 9.17) is 4.42 Å². The molecule has 1 N–H and O–H groups in total. The molecule has 1 atom stereocenters. The maximum atomic E-state index is 5.90. The Labute approximate surface area is 152 Å². The van der Waals surface area contributed by atoms with Gasteiger partial charge in [0.25, 0.3) is 0 Å². The van der Waals surface area contributed by atoms with Gasteiger partial charge < -0.3 is 4.42 Å². The molecule has 0 saturated heterocycles. The van der Waals surface area contributed by atoms with Crippen molar-refractivity contribution in [2.24, 2.45) is 0 Å². The predicted octanol–water partition coefficient (Wildman–Crippen LogP) is 4.62. The lowest BCUT2D eigenvalue weighted by molar-refractivity contribution is 0.460. The van der Waals surface area contributed by atoms with E-state index in [-0.39, 0.29) is 6.04 Å². The van der Waals surface area contributed by atoms with Crippen LogP contribution in [0.25, 0.3) is 11.3 Å². The average Bonchev–Trinajstić information content (AvgIpc) is 3.20. The van der Waals surface area contributed by atoms with Crippen molar-refractivity contribution in [1.29, 1.82) is 0 Å². The fraction of sp³-hybridized carbons (Fsp3) is 0.0909. The van der Waals surface area contributed by atoms with Crippen LogP contribution >= 0.6 is 0 Å². The van der Waals surface area contributed by atoms with Crippen LogP contribution < -0.4 is 5.32 Å². The zero-order valence-electron chi connectivity index (χ0n) is 14.2. The van der Waals surface area contributed by atoms with Gasteiger partial charge in [-0.2, -0.15) is 0 Å². The average molecular weight is 341 g/mol. The highest BCUT2D eigenvalue weighted by molar-refractivity contribution is 5.55. The van der Waals surface area contributed by atoms with Gasteiger partial charge in [-0.15, -0.1) is 0 Å². The van der Waals surface area contributed by atoms with Gasteiger partial charge in [0.15, 0.2) is 5.76 Å². The first-order chi connectivity index (χ1) is 12.9. The van der Waals surface area contributed by atoms with Gasteiger partial charge in [-0.3, -0.25) is 10.3 Å². The Morgan fingerprint density at radius 2 is 1.54 bits per heavy atom. The number of hydrogen-bond acceptors (Lipinski definition) is 4. The first kappa shape index (κ1) is 16.2. The minimum atomic E-state index is -0.0236. The summed E-state index contributed by atoms with van der Waals surface area (Å²) < 4.78 is 5.90. The highest BCUT2D eigenvalue weighted by Gasteiger charge is 2.16. The molecule has 0 radical (unpaired) electrons. The normalized spacial score (nSPS) is 12.0. The second-order valence-electron chi connectivity index (χ2n) is 5.96. The van der Waals surface area contributed by atoms with Crippen LogP contribution in [0.4, 0.5) is 0 Å². The Morgan fingerprint density at radius 1 is 0.808 bits per heavy atom. The lowest BCUT2D eigenvalue weighted by Crippen LogP contribution is -2.23. The van der Waals surface area contributed by atoms with E-state index in [1.54, 1.807) is 6.20 Å². The van der Waals surface area contributed by atoms with E-state index in [0.29, 0.717) is 12.4 Å². The van der Waals surface area contributed by atoms with Gasteiger partial charge >= 0.3 is 0 Å². The van der Waals surface area contributed by atoms with Crippen LogP contribution in [0.5, 0.6) is 0 Å². The van der Waals surface area contributed by atoms with Gasteiger partial charge in [-0.1, -0.05) is 66.7 Å². The zero-order valence-corrected chi connectivity index (χ0v) is 14.2. The largest absolute Gasteiger partial charge is 0.439 e. The van der Waals surface area contributed by atoms with E-state index in [2.05, 4.69) is 27.4 Å². The van der Waals surface area contributed by atoms with Gasteiger partial charge in [0, 0.05) is 11.8 Å². The third-order valence-corrected chi connectivity index (χ3v) is 4.19. The molecule has 4 aromatic rings. The molecule has 0 aliphatic rings. The van der Waals surface area contributed by atoms with E-state index in [1.165, 1.54) is 0 Å². The third kappa shape index (κ3) is 3.71. The van der Waals surface area contributed by atoms with Crippen LogP contribution in [0.1, 0.15) is 23.2 Å². The summed E-state index contributed by atoms with van der Waals surface area (Å²) in [5.74, 6) is 1.43. The topological polar surface area (TPSA) is 51.0 Å². The van der Waals surface area contributed by atoms with E-state index in [9.17, 15) is 0 Å². The molecule has 2 aromatic heterocycles. The lowest BCUT2D eigenvalue weighted by Gasteiger charge is -2.18. The van der Waals surface area contributed by atoms with Crippen molar-refractivity contribution >= 4 is 0 Å². The number of aromatic nitrogens is 2. The molecular weight excluding hydrogens is 322 g/mol. The number of hydrogen-bond donors (Lipinski definition) is 1. The molecule has 4 heteroatoms. The van der Waals surface area contributed by atoms with Crippen molar-refractivity contribution in [2.45, 2.75) is 12.6 Å². The minimum absolute atomic E-state index is 0.0236. The monoisotopic (exact) mass is 341 g/mol. The van der Waals surface area contributed by atoms with Crippen molar-refractivity contribution in [1.82, 2.24) is 15.3 Å². The van der Waals surface area contributed by atoms with Crippen molar-refractivity contribution in [3.8, 4) is 11.3 Å². The molecule has 0 aliphatic carbocycles. The second-order valence-corrected chi connectivity index (χ2v) is 5.96. The summed E-state index contributed by atoms with van der Waals surface area (Å²) in [5.41, 5.74) is 3.14. The highest BCUT2D eigenvalue weighted by atomic mass is 16.4. The molecule has 0 aliphatic heterocycles. The molecule has 0 spiro atoms. The molecule has 4 rings (SSSR count). The number of pyridine rings is 1. The Kier molecular flexibility index (Phi) is 4.85. The number of nitrogens with zero attached hydrogens (tertiary/aromatic N) is 2. The quantitative estimate of drug-likeness (QED) is 0.556. The maximum Gasteiger partial charge on any atom is 0.208 e. The summed E-state index contributed by atoms with van der Waals surface area (Å²) in [5, 5.41) is 3.51. The van der Waals surface area contributed by atoms with Crippen LogP contribution in [0.3, 0.4) is 0 Å². The summed E-state index contributed by atoms with van der Waals surface area (Å²) >= 11 is 0. The summed E-state index contributed by atoms with van der Waals surface area (Å²) in [6.07, 6.45) is 3.58. The van der Waals surface area contributed by atoms with Crippen LogP contribution in [-0.4, -0.2) is 9.97 Å². The molecule has 0 saturated carbocycles. The van der Waals surface area contributed by atoms with Crippen molar-refractivity contribution < 1.29 is 4.42 Å². The van der Waals surface area contributed by atoms with Crippen LogP contribution in [-0.2, 0) is 6.54 Å². The van der Waals surface area contributed by atoms with Gasteiger partial charge in [0.2, 0.25) is 5.89 Å². The predicted molar refractivity (Wildman–Crippen MR) is 101 cm³/mol. The fourth-order valence-corrected chi connectivity index (χ4v) is 2.90. The summed E-state index contributed by atoms with van der Waals surface area (Å²) in [7, 11) is 0. The first-order valence-corrected chi connectivity index (χ1v) is 8.59. The second kappa shape index (κ2) is 7.76. The Balaban J connectivity index is 1.53. The van der Waals surface area contributed by atoms with Gasteiger partial charge in [0.05, 0.1) is 24.5 Å². The SMILES string of the molecule is c1ccc(-c2cnc(CN[C@H](c3ccccc3)c3ccccn3)o2)cc1. The van der Waals surface area contributed by atoms with E-state index in [0.717, 1.165) is 22.6 Å². The van der Waals surface area contributed by atoms with Gasteiger partial charge in [-0.05, 0) is 17.7 Å². The number of benzene rings is 2. The molecule has 128 valence electrons.